The van der Waals surface area contributed by atoms with Gasteiger partial charge < -0.3 is 15.3 Å². The molecule has 1 aromatic rings. The molecule has 0 radical (unpaired) electrons. The van der Waals surface area contributed by atoms with Gasteiger partial charge in [-0.3, -0.25) is 10.1 Å². The van der Waals surface area contributed by atoms with Crippen LogP contribution < -0.4 is 10.6 Å². The molecule has 2 fully saturated rings. The Morgan fingerprint density at radius 1 is 1.36 bits per heavy atom. The zero-order valence-electron chi connectivity index (χ0n) is 15.1. The number of piperidine rings is 1. The molecule has 2 heterocycles. The lowest BCUT2D eigenvalue weighted by molar-refractivity contribution is -0.126. The maximum Gasteiger partial charge on any atom is 0.322 e. The highest BCUT2D eigenvalue weighted by Crippen LogP contribution is 2.31. The number of aryl methyl sites for hydroxylation is 2. The van der Waals surface area contributed by atoms with Crippen LogP contribution in [0.2, 0.25) is 0 Å². The normalized spacial score (nSPS) is 28.6. The summed E-state index contributed by atoms with van der Waals surface area (Å²) in [5.74, 6) is -0.210. The molecule has 2 saturated heterocycles. The Balaban J connectivity index is 1.67. The average molecular weight is 345 g/mol. The van der Waals surface area contributed by atoms with Gasteiger partial charge in [-0.1, -0.05) is 23.8 Å². The summed E-state index contributed by atoms with van der Waals surface area (Å²) in [6, 6.07) is 5.67. The van der Waals surface area contributed by atoms with E-state index in [2.05, 4.69) is 21.6 Å². The zero-order chi connectivity index (χ0) is 18.2. The first-order valence-electron chi connectivity index (χ1n) is 8.91. The molecule has 6 heteroatoms. The SMILES string of the molecule is Cc1ccc([C@H](O)CN2CCC[C@H]([C@@]3(C)NC(=O)NC3=O)C2)c(C)c1. The van der Waals surface area contributed by atoms with Gasteiger partial charge in [-0.05, 0) is 51.3 Å². The lowest BCUT2D eigenvalue weighted by Crippen LogP contribution is -2.56. The van der Waals surface area contributed by atoms with E-state index >= 15 is 0 Å². The molecule has 3 atom stereocenters. The van der Waals surface area contributed by atoms with Crippen molar-refractivity contribution in [3.8, 4) is 0 Å². The number of benzene rings is 1. The van der Waals surface area contributed by atoms with Gasteiger partial charge in [0, 0.05) is 19.0 Å². The van der Waals surface area contributed by atoms with Crippen LogP contribution in [0.3, 0.4) is 0 Å². The molecule has 0 aromatic heterocycles. The van der Waals surface area contributed by atoms with Gasteiger partial charge in [0.15, 0.2) is 0 Å². The van der Waals surface area contributed by atoms with E-state index in [1.165, 1.54) is 5.56 Å². The molecule has 3 rings (SSSR count). The van der Waals surface area contributed by atoms with Gasteiger partial charge in [0.2, 0.25) is 0 Å². The van der Waals surface area contributed by atoms with Crippen LogP contribution in [0.25, 0.3) is 0 Å². The van der Waals surface area contributed by atoms with Crippen molar-refractivity contribution in [2.45, 2.75) is 45.3 Å². The molecule has 0 bridgehead atoms. The van der Waals surface area contributed by atoms with Crippen molar-refractivity contribution in [3.63, 3.8) is 0 Å². The molecule has 2 aliphatic rings. The summed E-state index contributed by atoms with van der Waals surface area (Å²) in [7, 11) is 0. The van der Waals surface area contributed by atoms with Crippen molar-refractivity contribution >= 4 is 11.9 Å². The number of hydrogen-bond donors (Lipinski definition) is 3. The van der Waals surface area contributed by atoms with E-state index in [1.54, 1.807) is 6.92 Å². The maximum absolute atomic E-state index is 12.2. The fourth-order valence-electron chi connectivity index (χ4n) is 4.08. The molecule has 3 amide bonds. The van der Waals surface area contributed by atoms with Gasteiger partial charge in [0.25, 0.3) is 5.91 Å². The number of aliphatic hydroxyl groups is 1. The first kappa shape index (κ1) is 17.9. The summed E-state index contributed by atoms with van der Waals surface area (Å²) >= 11 is 0. The molecule has 6 nitrogen and oxygen atoms in total. The number of amides is 3. The highest BCUT2D eigenvalue weighted by atomic mass is 16.3. The van der Waals surface area contributed by atoms with E-state index in [1.807, 2.05) is 26.0 Å². The summed E-state index contributed by atoms with van der Waals surface area (Å²) in [6.45, 7) is 7.97. The zero-order valence-corrected chi connectivity index (χ0v) is 15.1. The molecule has 25 heavy (non-hydrogen) atoms. The number of likely N-dealkylation sites (tertiary alicyclic amines) is 1. The summed E-state index contributed by atoms with van der Waals surface area (Å²) < 4.78 is 0. The van der Waals surface area contributed by atoms with Crippen LogP contribution in [-0.4, -0.2) is 47.1 Å². The van der Waals surface area contributed by atoms with Crippen molar-refractivity contribution in [1.29, 1.82) is 0 Å². The molecule has 0 saturated carbocycles. The van der Waals surface area contributed by atoms with E-state index in [-0.39, 0.29) is 11.8 Å². The topological polar surface area (TPSA) is 81.7 Å². The average Bonchev–Trinajstić information content (AvgIpc) is 2.81. The summed E-state index contributed by atoms with van der Waals surface area (Å²) in [6.07, 6.45) is 1.28. The van der Waals surface area contributed by atoms with Crippen molar-refractivity contribution < 1.29 is 14.7 Å². The number of carbonyl (C=O) groups excluding carboxylic acids is 2. The Morgan fingerprint density at radius 3 is 2.76 bits per heavy atom. The third kappa shape index (κ3) is 3.55. The number of rotatable bonds is 4. The van der Waals surface area contributed by atoms with Crippen LogP contribution in [0.5, 0.6) is 0 Å². The van der Waals surface area contributed by atoms with Gasteiger partial charge in [0.1, 0.15) is 5.54 Å². The molecular formula is C19H27N3O3. The maximum atomic E-state index is 12.2. The molecular weight excluding hydrogens is 318 g/mol. The van der Waals surface area contributed by atoms with Crippen molar-refractivity contribution in [2.75, 3.05) is 19.6 Å². The molecule has 136 valence electrons. The fraction of sp³-hybridized carbons (Fsp3) is 0.579. The van der Waals surface area contributed by atoms with E-state index < -0.39 is 17.7 Å². The number of carbonyl (C=O) groups is 2. The second-order valence-corrected chi connectivity index (χ2v) is 7.59. The number of nitrogens with one attached hydrogen (secondary N) is 2. The first-order valence-corrected chi connectivity index (χ1v) is 8.91. The van der Waals surface area contributed by atoms with Gasteiger partial charge in [0.05, 0.1) is 6.10 Å². The van der Waals surface area contributed by atoms with Crippen molar-refractivity contribution in [2.24, 2.45) is 5.92 Å². The van der Waals surface area contributed by atoms with Crippen LogP contribution >= 0.6 is 0 Å². The first-order chi connectivity index (χ1) is 11.8. The van der Waals surface area contributed by atoms with Crippen LogP contribution in [0.15, 0.2) is 18.2 Å². The summed E-state index contributed by atoms with van der Waals surface area (Å²) in [5.41, 5.74) is 2.37. The molecule has 1 aromatic carbocycles. The van der Waals surface area contributed by atoms with Gasteiger partial charge in [-0.2, -0.15) is 0 Å². The smallest absolute Gasteiger partial charge is 0.322 e. The molecule has 3 N–H and O–H groups in total. The van der Waals surface area contributed by atoms with E-state index in [9.17, 15) is 14.7 Å². The van der Waals surface area contributed by atoms with Crippen LogP contribution in [0.1, 0.15) is 42.6 Å². The largest absolute Gasteiger partial charge is 0.387 e. The Labute approximate surface area is 148 Å². The molecule has 2 aliphatic heterocycles. The Kier molecular flexibility index (Phi) is 4.84. The van der Waals surface area contributed by atoms with Crippen LogP contribution in [0, 0.1) is 19.8 Å². The minimum Gasteiger partial charge on any atom is -0.387 e. The minimum absolute atomic E-state index is 0.0408. The van der Waals surface area contributed by atoms with Crippen LogP contribution in [0.4, 0.5) is 4.79 Å². The summed E-state index contributed by atoms with van der Waals surface area (Å²) in [5, 5.41) is 15.8. The Bertz CT molecular complexity index is 690. The Morgan fingerprint density at radius 2 is 2.12 bits per heavy atom. The van der Waals surface area contributed by atoms with Gasteiger partial charge in [-0.15, -0.1) is 0 Å². The summed E-state index contributed by atoms with van der Waals surface area (Å²) in [4.78, 5) is 25.9. The quantitative estimate of drug-likeness (QED) is 0.725. The fourth-order valence-corrected chi connectivity index (χ4v) is 4.08. The third-order valence-electron chi connectivity index (χ3n) is 5.61. The van der Waals surface area contributed by atoms with Gasteiger partial charge in [-0.25, -0.2) is 4.79 Å². The van der Waals surface area contributed by atoms with Crippen LogP contribution in [-0.2, 0) is 4.79 Å². The number of urea groups is 1. The number of nitrogens with zero attached hydrogens (tertiary/aromatic N) is 1. The molecule has 0 aliphatic carbocycles. The predicted octanol–water partition coefficient (Wildman–Crippen LogP) is 1.65. The van der Waals surface area contributed by atoms with Crippen molar-refractivity contribution in [1.82, 2.24) is 15.5 Å². The Hall–Kier alpha value is -1.92. The second kappa shape index (κ2) is 6.77. The molecule has 0 spiro atoms. The lowest BCUT2D eigenvalue weighted by atomic mass is 9.80. The number of β-amino-alcohol motifs (C(OH)–C–C–N with tert-alkyl or cyclic N) is 1. The number of imide groups is 1. The van der Waals surface area contributed by atoms with Gasteiger partial charge >= 0.3 is 6.03 Å². The highest BCUT2D eigenvalue weighted by Gasteiger charge is 2.48. The minimum atomic E-state index is -0.861. The highest BCUT2D eigenvalue weighted by molar-refractivity contribution is 6.06. The van der Waals surface area contributed by atoms with Crippen molar-refractivity contribution in [3.05, 3.63) is 34.9 Å². The number of aliphatic hydroxyl groups excluding tert-OH is 1. The number of hydrogen-bond acceptors (Lipinski definition) is 4. The molecule has 0 unspecified atom stereocenters. The predicted molar refractivity (Wildman–Crippen MR) is 95.1 cm³/mol. The third-order valence-corrected chi connectivity index (χ3v) is 5.61. The van der Waals surface area contributed by atoms with E-state index in [4.69, 9.17) is 0 Å². The lowest BCUT2D eigenvalue weighted by Gasteiger charge is -2.40. The van der Waals surface area contributed by atoms with E-state index in [0.717, 1.165) is 30.5 Å². The standard InChI is InChI=1S/C19H27N3O3/c1-12-6-7-15(13(2)9-12)16(23)11-22-8-4-5-14(10-22)19(3)17(24)20-18(25)21-19/h6-7,9,14,16,23H,4-5,8,10-11H2,1-3H3,(H2,20,21,24,25)/t14-,16+,19+/m0/s1. The van der Waals surface area contributed by atoms with E-state index in [0.29, 0.717) is 13.1 Å². The second-order valence-electron chi connectivity index (χ2n) is 7.59. The monoisotopic (exact) mass is 345 g/mol.